The first-order chi connectivity index (χ1) is 16.2. The maximum absolute atomic E-state index is 13.2. The van der Waals surface area contributed by atoms with Crippen molar-refractivity contribution < 1.29 is 27.1 Å². The number of nitrogens with one attached hydrogen (secondary N) is 1. The quantitative estimate of drug-likeness (QED) is 0.405. The Bertz CT molecular complexity index is 1410. The van der Waals surface area contributed by atoms with E-state index in [1.165, 1.54) is 24.1 Å². The SMILES string of the molecule is COc1ccc2c(C)c(CCC(=O)Nc3cc(C(F)(F)F)ccc3-n3cccn3)c(=O)oc2c1. The van der Waals surface area contributed by atoms with Gasteiger partial charge in [0, 0.05) is 35.8 Å². The number of methoxy groups -OCH3 is 1. The highest BCUT2D eigenvalue weighted by Crippen LogP contribution is 2.33. The van der Waals surface area contributed by atoms with Crippen molar-refractivity contribution in [2.75, 3.05) is 12.4 Å². The Morgan fingerprint density at radius 3 is 2.68 bits per heavy atom. The molecule has 4 rings (SSSR count). The van der Waals surface area contributed by atoms with Gasteiger partial charge in [-0.2, -0.15) is 18.3 Å². The maximum atomic E-state index is 13.2. The Morgan fingerprint density at radius 1 is 1.21 bits per heavy atom. The largest absolute Gasteiger partial charge is 0.497 e. The van der Waals surface area contributed by atoms with Gasteiger partial charge in [-0.05, 0) is 55.3 Å². The molecule has 176 valence electrons. The van der Waals surface area contributed by atoms with E-state index in [-0.39, 0.29) is 24.2 Å². The van der Waals surface area contributed by atoms with Crippen molar-refractivity contribution in [3.8, 4) is 11.4 Å². The lowest BCUT2D eigenvalue weighted by Crippen LogP contribution is -2.18. The van der Waals surface area contributed by atoms with Crippen LogP contribution in [0.25, 0.3) is 16.7 Å². The number of rotatable bonds is 6. The van der Waals surface area contributed by atoms with Crippen LogP contribution in [0.2, 0.25) is 0 Å². The Hall–Kier alpha value is -4.08. The zero-order valence-electron chi connectivity index (χ0n) is 18.3. The molecule has 0 fully saturated rings. The molecule has 4 aromatic rings. The highest BCUT2D eigenvalue weighted by Gasteiger charge is 2.31. The zero-order valence-corrected chi connectivity index (χ0v) is 18.3. The molecular weight excluding hydrogens is 451 g/mol. The Labute approximate surface area is 191 Å². The van der Waals surface area contributed by atoms with E-state index in [1.54, 1.807) is 37.4 Å². The van der Waals surface area contributed by atoms with Crippen LogP contribution in [-0.2, 0) is 17.4 Å². The topological polar surface area (TPSA) is 86.4 Å². The summed E-state index contributed by atoms with van der Waals surface area (Å²) in [6.45, 7) is 1.75. The molecule has 0 radical (unpaired) electrons. The number of amides is 1. The van der Waals surface area contributed by atoms with Crippen LogP contribution < -0.4 is 15.7 Å². The Kier molecular flexibility index (Phi) is 6.14. The van der Waals surface area contributed by atoms with E-state index in [1.807, 2.05) is 0 Å². The van der Waals surface area contributed by atoms with Crippen LogP contribution in [0.3, 0.4) is 0 Å². The van der Waals surface area contributed by atoms with Gasteiger partial charge < -0.3 is 14.5 Å². The van der Waals surface area contributed by atoms with Gasteiger partial charge in [0.25, 0.3) is 0 Å². The van der Waals surface area contributed by atoms with E-state index < -0.39 is 23.3 Å². The molecule has 0 aliphatic rings. The second-order valence-electron chi connectivity index (χ2n) is 7.58. The van der Waals surface area contributed by atoms with Crippen molar-refractivity contribution in [3.05, 3.63) is 82.0 Å². The normalized spacial score (nSPS) is 11.6. The molecule has 0 atom stereocenters. The first-order valence-corrected chi connectivity index (χ1v) is 10.3. The average molecular weight is 471 g/mol. The Morgan fingerprint density at radius 2 is 2.00 bits per heavy atom. The molecule has 2 aromatic heterocycles. The number of aromatic nitrogens is 2. The van der Waals surface area contributed by atoms with Crippen molar-refractivity contribution in [1.29, 1.82) is 0 Å². The summed E-state index contributed by atoms with van der Waals surface area (Å²) in [6, 6.07) is 9.72. The van der Waals surface area contributed by atoms with Crippen molar-refractivity contribution in [3.63, 3.8) is 0 Å². The first-order valence-electron chi connectivity index (χ1n) is 10.3. The molecule has 0 saturated carbocycles. The summed E-state index contributed by atoms with van der Waals surface area (Å²) in [7, 11) is 1.50. The van der Waals surface area contributed by atoms with Gasteiger partial charge in [-0.1, -0.05) is 0 Å². The highest BCUT2D eigenvalue weighted by molar-refractivity contribution is 5.93. The summed E-state index contributed by atoms with van der Waals surface area (Å²) in [6.07, 6.45) is -1.64. The number of carbonyl (C=O) groups is 1. The summed E-state index contributed by atoms with van der Waals surface area (Å²) >= 11 is 0. The van der Waals surface area contributed by atoms with Crippen molar-refractivity contribution >= 4 is 22.6 Å². The standard InChI is InChI=1S/C24H20F3N3O4/c1-14-17-6-5-16(33-2)13-21(17)34-23(32)18(14)7-9-22(31)29-19-12-15(24(25,26)27)4-8-20(19)30-11-3-10-28-30/h3-6,8,10-13H,7,9H2,1-2H3,(H,29,31). The first kappa shape index (κ1) is 23.1. The van der Waals surface area contributed by atoms with Gasteiger partial charge in [-0.3, -0.25) is 4.79 Å². The van der Waals surface area contributed by atoms with Crippen LogP contribution in [-0.4, -0.2) is 22.8 Å². The van der Waals surface area contributed by atoms with E-state index in [2.05, 4.69) is 10.4 Å². The smallest absolute Gasteiger partial charge is 0.416 e. The van der Waals surface area contributed by atoms with Gasteiger partial charge in [0.15, 0.2) is 0 Å². The minimum Gasteiger partial charge on any atom is -0.497 e. The molecule has 34 heavy (non-hydrogen) atoms. The predicted molar refractivity (Wildman–Crippen MR) is 119 cm³/mol. The molecule has 0 spiro atoms. The van der Waals surface area contributed by atoms with E-state index in [0.717, 1.165) is 12.1 Å². The summed E-state index contributed by atoms with van der Waals surface area (Å²) in [5.41, 5.74) is 0.104. The summed E-state index contributed by atoms with van der Waals surface area (Å²) in [5.74, 6) is -0.0161. The van der Waals surface area contributed by atoms with E-state index in [4.69, 9.17) is 9.15 Å². The number of aryl methyl sites for hydroxylation is 1. The molecule has 0 unspecified atom stereocenters. The van der Waals surface area contributed by atoms with Crippen LogP contribution in [0.5, 0.6) is 5.75 Å². The zero-order chi connectivity index (χ0) is 24.5. The highest BCUT2D eigenvalue weighted by atomic mass is 19.4. The molecule has 2 aromatic carbocycles. The number of hydrogen-bond donors (Lipinski definition) is 1. The van der Waals surface area contributed by atoms with E-state index in [0.29, 0.717) is 27.8 Å². The fraction of sp³-hybridized carbons (Fsp3) is 0.208. The van der Waals surface area contributed by atoms with Crippen LogP contribution >= 0.6 is 0 Å². The molecule has 0 aliphatic heterocycles. The lowest BCUT2D eigenvalue weighted by molar-refractivity contribution is -0.137. The predicted octanol–water partition coefficient (Wildman–Crippen LogP) is 4.89. The maximum Gasteiger partial charge on any atom is 0.416 e. The third kappa shape index (κ3) is 4.66. The number of ether oxygens (including phenoxy) is 1. The minimum atomic E-state index is -4.58. The molecular formula is C24H20F3N3O4. The van der Waals surface area contributed by atoms with Crippen molar-refractivity contribution in [2.45, 2.75) is 25.9 Å². The fourth-order valence-electron chi connectivity index (χ4n) is 3.67. The summed E-state index contributed by atoms with van der Waals surface area (Å²) in [4.78, 5) is 25.2. The minimum absolute atomic E-state index is 0.0436. The summed E-state index contributed by atoms with van der Waals surface area (Å²) in [5, 5.41) is 7.25. The summed E-state index contributed by atoms with van der Waals surface area (Å²) < 4.78 is 51.6. The van der Waals surface area contributed by atoms with Gasteiger partial charge in [-0.15, -0.1) is 0 Å². The average Bonchev–Trinajstić information content (AvgIpc) is 3.32. The van der Waals surface area contributed by atoms with Gasteiger partial charge in [0.05, 0.1) is 24.0 Å². The number of fused-ring (bicyclic) bond motifs is 1. The Balaban J connectivity index is 1.58. The van der Waals surface area contributed by atoms with E-state index in [9.17, 15) is 22.8 Å². The van der Waals surface area contributed by atoms with Crippen LogP contribution in [0.15, 0.2) is 64.1 Å². The second-order valence-corrected chi connectivity index (χ2v) is 7.58. The van der Waals surface area contributed by atoms with Gasteiger partial charge in [0.1, 0.15) is 11.3 Å². The number of benzene rings is 2. The monoisotopic (exact) mass is 471 g/mol. The van der Waals surface area contributed by atoms with Gasteiger partial charge in [0.2, 0.25) is 5.91 Å². The lowest BCUT2D eigenvalue weighted by Gasteiger charge is -2.15. The third-order valence-corrected chi connectivity index (χ3v) is 5.45. The molecule has 2 heterocycles. The number of halogens is 3. The number of hydrogen-bond acceptors (Lipinski definition) is 5. The molecule has 1 N–H and O–H groups in total. The van der Waals surface area contributed by atoms with Crippen molar-refractivity contribution in [1.82, 2.24) is 9.78 Å². The molecule has 0 aliphatic carbocycles. The second kappa shape index (κ2) is 9.05. The van der Waals surface area contributed by atoms with Crippen molar-refractivity contribution in [2.24, 2.45) is 0 Å². The molecule has 7 nitrogen and oxygen atoms in total. The molecule has 0 bridgehead atoms. The third-order valence-electron chi connectivity index (χ3n) is 5.45. The molecule has 10 heteroatoms. The lowest BCUT2D eigenvalue weighted by atomic mass is 10.0. The van der Waals surface area contributed by atoms with Crippen LogP contribution in [0, 0.1) is 6.92 Å². The van der Waals surface area contributed by atoms with E-state index >= 15 is 0 Å². The fourth-order valence-corrected chi connectivity index (χ4v) is 3.67. The van der Waals surface area contributed by atoms with Crippen LogP contribution in [0.4, 0.5) is 18.9 Å². The number of anilines is 1. The number of carbonyl (C=O) groups excluding carboxylic acids is 1. The van der Waals surface area contributed by atoms with Gasteiger partial charge >= 0.3 is 11.8 Å². The number of alkyl halides is 3. The molecule has 0 saturated heterocycles. The van der Waals surface area contributed by atoms with Crippen LogP contribution in [0.1, 0.15) is 23.1 Å². The van der Waals surface area contributed by atoms with Gasteiger partial charge in [-0.25, -0.2) is 9.48 Å². The number of nitrogens with zero attached hydrogens (tertiary/aromatic N) is 2. The molecule has 1 amide bonds.